The summed E-state index contributed by atoms with van der Waals surface area (Å²) in [5, 5.41) is 0.587. The van der Waals surface area contributed by atoms with Crippen molar-refractivity contribution < 1.29 is 14.3 Å². The molecule has 2 aromatic heterocycles. The molecule has 5 nitrogen and oxygen atoms in total. The van der Waals surface area contributed by atoms with Crippen LogP contribution in [0.5, 0.6) is 0 Å². The summed E-state index contributed by atoms with van der Waals surface area (Å²) in [6.45, 7) is 4.42. The van der Waals surface area contributed by atoms with Crippen LogP contribution in [0.1, 0.15) is 37.7 Å². The third kappa shape index (κ3) is 4.95. The number of esters is 1. The van der Waals surface area contributed by atoms with Crippen molar-refractivity contribution in [3.63, 3.8) is 0 Å². The summed E-state index contributed by atoms with van der Waals surface area (Å²) in [4.78, 5) is 29.2. The number of ketones is 1. The Hall–Kier alpha value is -2.86. The molecule has 2 heterocycles. The van der Waals surface area contributed by atoms with Crippen molar-refractivity contribution in [1.82, 2.24) is 9.55 Å². The molecule has 0 saturated heterocycles. The van der Waals surface area contributed by atoms with Gasteiger partial charge in [0, 0.05) is 29.7 Å². The molecular weight excluding hydrogens is 384 g/mol. The van der Waals surface area contributed by atoms with Crippen LogP contribution in [-0.2, 0) is 17.7 Å². The highest BCUT2D eigenvalue weighted by molar-refractivity contribution is 7.98. The number of thioether (sulfide) groups is 1. The number of aryl methyl sites for hydroxylation is 2. The molecule has 150 valence electrons. The number of hydrogen-bond acceptors (Lipinski definition) is 5. The second kappa shape index (κ2) is 9.56. The molecule has 0 fully saturated rings. The molecule has 1 aromatic carbocycles. The van der Waals surface area contributed by atoms with Gasteiger partial charge in [-0.1, -0.05) is 30.3 Å². The van der Waals surface area contributed by atoms with E-state index in [0.717, 1.165) is 24.4 Å². The lowest BCUT2D eigenvalue weighted by Crippen LogP contribution is -2.16. The van der Waals surface area contributed by atoms with E-state index >= 15 is 0 Å². The first-order chi connectivity index (χ1) is 14.0. The van der Waals surface area contributed by atoms with Crippen LogP contribution in [0.3, 0.4) is 0 Å². The van der Waals surface area contributed by atoms with Crippen LogP contribution in [0.2, 0.25) is 0 Å². The van der Waals surface area contributed by atoms with Crippen molar-refractivity contribution in [3.05, 3.63) is 82.8 Å². The molecule has 0 amide bonds. The molecule has 3 rings (SSSR count). The Morgan fingerprint density at radius 1 is 1.07 bits per heavy atom. The smallest absolute Gasteiger partial charge is 0.341 e. The number of carbonyl (C=O) groups excluding carboxylic acids is 2. The molecular formula is C23H24N2O3S. The standard InChI is InChI=1S/C23H24N2O3S/c1-16-14-20(17(2)25(16)13-11-18-8-5-4-6-9-18)21(26)15-28-23(27)19-10-7-12-24-22(19)29-3/h4-10,12,14H,11,13,15H2,1-3H3. The third-order valence-electron chi connectivity index (χ3n) is 4.86. The van der Waals surface area contributed by atoms with E-state index in [1.807, 2.05) is 44.4 Å². The zero-order valence-electron chi connectivity index (χ0n) is 16.8. The minimum atomic E-state index is -0.534. The first-order valence-corrected chi connectivity index (χ1v) is 10.6. The molecule has 6 heteroatoms. The lowest BCUT2D eigenvalue weighted by molar-refractivity contribution is 0.0470. The van der Waals surface area contributed by atoms with Crippen LogP contribution >= 0.6 is 11.8 Å². The van der Waals surface area contributed by atoms with E-state index in [9.17, 15) is 9.59 Å². The summed E-state index contributed by atoms with van der Waals surface area (Å²) in [7, 11) is 0. The monoisotopic (exact) mass is 408 g/mol. The number of aromatic nitrogens is 2. The number of hydrogen-bond donors (Lipinski definition) is 0. The van der Waals surface area contributed by atoms with Crippen molar-refractivity contribution in [3.8, 4) is 0 Å². The van der Waals surface area contributed by atoms with Gasteiger partial charge in [-0.2, -0.15) is 0 Å². The van der Waals surface area contributed by atoms with Crippen molar-refractivity contribution in [2.75, 3.05) is 12.9 Å². The van der Waals surface area contributed by atoms with E-state index in [1.54, 1.807) is 18.3 Å². The minimum Gasteiger partial charge on any atom is -0.454 e. The van der Waals surface area contributed by atoms with Gasteiger partial charge in [-0.25, -0.2) is 9.78 Å². The Morgan fingerprint density at radius 3 is 2.55 bits per heavy atom. The van der Waals surface area contributed by atoms with E-state index in [4.69, 9.17) is 4.74 Å². The van der Waals surface area contributed by atoms with Gasteiger partial charge in [0.1, 0.15) is 5.03 Å². The molecule has 0 unspecified atom stereocenters. The van der Waals surface area contributed by atoms with Gasteiger partial charge in [0.05, 0.1) is 5.56 Å². The van der Waals surface area contributed by atoms with Crippen LogP contribution in [0.15, 0.2) is 59.8 Å². The number of rotatable bonds is 8. The molecule has 0 aliphatic heterocycles. The predicted octanol–water partition coefficient (Wildman–Crippen LogP) is 4.50. The maximum atomic E-state index is 12.7. The summed E-state index contributed by atoms with van der Waals surface area (Å²) < 4.78 is 7.40. The molecule has 0 radical (unpaired) electrons. The van der Waals surface area contributed by atoms with Gasteiger partial charge >= 0.3 is 5.97 Å². The molecule has 0 bridgehead atoms. The van der Waals surface area contributed by atoms with Crippen LogP contribution < -0.4 is 0 Å². The SMILES string of the molecule is CSc1ncccc1C(=O)OCC(=O)c1cc(C)n(CCc2ccccc2)c1C. The zero-order chi connectivity index (χ0) is 20.8. The summed E-state index contributed by atoms with van der Waals surface area (Å²) in [5.41, 5.74) is 4.14. The Balaban J connectivity index is 1.66. The lowest BCUT2D eigenvalue weighted by Gasteiger charge is -2.10. The number of nitrogens with zero attached hydrogens (tertiary/aromatic N) is 2. The average molecular weight is 409 g/mol. The highest BCUT2D eigenvalue weighted by Crippen LogP contribution is 2.19. The van der Waals surface area contributed by atoms with Gasteiger partial charge in [-0.15, -0.1) is 11.8 Å². The highest BCUT2D eigenvalue weighted by Gasteiger charge is 2.19. The normalized spacial score (nSPS) is 10.7. The van der Waals surface area contributed by atoms with Crippen molar-refractivity contribution in [2.45, 2.75) is 31.8 Å². The van der Waals surface area contributed by atoms with E-state index in [2.05, 4.69) is 21.7 Å². The molecule has 0 spiro atoms. The second-order valence-electron chi connectivity index (χ2n) is 6.73. The van der Waals surface area contributed by atoms with Crippen LogP contribution in [0, 0.1) is 13.8 Å². The van der Waals surface area contributed by atoms with Gasteiger partial charge < -0.3 is 9.30 Å². The Kier molecular flexibility index (Phi) is 6.88. The van der Waals surface area contributed by atoms with Crippen LogP contribution in [0.4, 0.5) is 0 Å². The van der Waals surface area contributed by atoms with Gasteiger partial charge in [0.2, 0.25) is 5.78 Å². The summed E-state index contributed by atoms with van der Waals surface area (Å²) >= 11 is 1.37. The molecule has 0 N–H and O–H groups in total. The fourth-order valence-corrected chi connectivity index (χ4v) is 3.85. The fraction of sp³-hybridized carbons (Fsp3) is 0.261. The van der Waals surface area contributed by atoms with Crippen molar-refractivity contribution in [2.24, 2.45) is 0 Å². The van der Waals surface area contributed by atoms with Gasteiger partial charge in [-0.3, -0.25) is 4.79 Å². The number of ether oxygens (including phenoxy) is 1. The number of carbonyl (C=O) groups is 2. The average Bonchev–Trinajstić information content (AvgIpc) is 3.04. The topological polar surface area (TPSA) is 61.2 Å². The largest absolute Gasteiger partial charge is 0.454 e. The molecule has 0 aliphatic rings. The molecule has 0 atom stereocenters. The Bertz CT molecular complexity index is 1010. The Labute approximate surface area is 175 Å². The minimum absolute atomic E-state index is 0.202. The quantitative estimate of drug-likeness (QED) is 0.312. The van der Waals surface area contributed by atoms with E-state index in [0.29, 0.717) is 16.2 Å². The fourth-order valence-electron chi connectivity index (χ4n) is 3.31. The maximum absolute atomic E-state index is 12.7. The van der Waals surface area contributed by atoms with Crippen molar-refractivity contribution >= 4 is 23.5 Å². The zero-order valence-corrected chi connectivity index (χ0v) is 17.7. The summed E-state index contributed by atoms with van der Waals surface area (Å²) in [6, 6.07) is 15.5. The third-order valence-corrected chi connectivity index (χ3v) is 5.57. The molecule has 0 saturated carbocycles. The summed E-state index contributed by atoms with van der Waals surface area (Å²) in [6.07, 6.45) is 4.35. The van der Waals surface area contributed by atoms with Gasteiger partial charge in [-0.05, 0) is 50.3 Å². The molecule has 0 aliphatic carbocycles. The number of benzene rings is 1. The first-order valence-electron chi connectivity index (χ1n) is 9.41. The predicted molar refractivity (Wildman–Crippen MR) is 115 cm³/mol. The van der Waals surface area contributed by atoms with Gasteiger partial charge in [0.25, 0.3) is 0 Å². The highest BCUT2D eigenvalue weighted by atomic mass is 32.2. The number of Topliss-reactive ketones (excluding diaryl/α,β-unsaturated/α-hetero) is 1. The van der Waals surface area contributed by atoms with Gasteiger partial charge in [0.15, 0.2) is 6.61 Å². The number of pyridine rings is 1. The van der Waals surface area contributed by atoms with Crippen molar-refractivity contribution in [1.29, 1.82) is 0 Å². The summed E-state index contributed by atoms with van der Waals surface area (Å²) in [5.74, 6) is -0.735. The maximum Gasteiger partial charge on any atom is 0.341 e. The van der Waals surface area contributed by atoms with E-state index in [-0.39, 0.29) is 12.4 Å². The molecule has 3 aromatic rings. The molecule has 29 heavy (non-hydrogen) atoms. The Morgan fingerprint density at radius 2 is 1.83 bits per heavy atom. The first kappa shape index (κ1) is 20.9. The van der Waals surface area contributed by atoms with Crippen LogP contribution in [0.25, 0.3) is 0 Å². The lowest BCUT2D eigenvalue weighted by atomic mass is 10.1. The van der Waals surface area contributed by atoms with E-state index in [1.165, 1.54) is 17.3 Å². The second-order valence-corrected chi connectivity index (χ2v) is 7.53. The van der Waals surface area contributed by atoms with Crippen LogP contribution in [-0.4, -0.2) is 34.2 Å². The van der Waals surface area contributed by atoms with E-state index < -0.39 is 5.97 Å².